The quantitative estimate of drug-likeness (QED) is 0.662. The average Bonchev–Trinajstić information content (AvgIpc) is 2.82. The van der Waals surface area contributed by atoms with Crippen LogP contribution in [-0.4, -0.2) is 58.7 Å². The predicted molar refractivity (Wildman–Crippen MR) is 76.5 cm³/mol. The monoisotopic (exact) mass is 303 g/mol. The van der Waals surface area contributed by atoms with Crippen molar-refractivity contribution in [3.05, 3.63) is 0 Å². The number of rotatable bonds is 6. The number of carbonyl (C=O) groups excluding carboxylic acids is 2. The molecule has 1 aliphatic heterocycles. The minimum Gasteiger partial charge on any atom is -0.480 e. The first-order valence-corrected chi connectivity index (χ1v) is 7.67. The van der Waals surface area contributed by atoms with Gasteiger partial charge in [0.2, 0.25) is 5.91 Å². The van der Waals surface area contributed by atoms with Crippen LogP contribution in [0.3, 0.4) is 0 Å². The van der Waals surface area contributed by atoms with Crippen molar-refractivity contribution in [2.45, 2.75) is 37.6 Å². The van der Waals surface area contributed by atoms with E-state index in [0.717, 1.165) is 12.8 Å². The zero-order chi connectivity index (χ0) is 15.1. The van der Waals surface area contributed by atoms with Gasteiger partial charge in [-0.2, -0.15) is 0 Å². The molecule has 0 aromatic rings. The second-order valence-electron chi connectivity index (χ2n) is 4.49. The van der Waals surface area contributed by atoms with Crippen molar-refractivity contribution in [1.29, 1.82) is 0 Å². The van der Waals surface area contributed by atoms with Crippen LogP contribution in [0, 0.1) is 0 Å². The number of hydrogen-bond donors (Lipinski definition) is 3. The van der Waals surface area contributed by atoms with Gasteiger partial charge in [0.1, 0.15) is 6.04 Å². The molecule has 1 aliphatic rings. The summed E-state index contributed by atoms with van der Waals surface area (Å²) in [5.74, 6) is -0.749. The molecule has 1 fully saturated rings. The van der Waals surface area contributed by atoms with E-state index in [9.17, 15) is 19.5 Å². The normalized spacial score (nSPS) is 21.6. The molecule has 0 bridgehead atoms. The maximum absolute atomic E-state index is 12.1. The smallest absolute Gasteiger partial charge is 0.327 e. The van der Waals surface area contributed by atoms with E-state index in [0.29, 0.717) is 5.75 Å². The van der Waals surface area contributed by atoms with Crippen molar-refractivity contribution < 1.29 is 19.5 Å². The van der Waals surface area contributed by atoms with Gasteiger partial charge in [0.05, 0.1) is 5.37 Å². The maximum atomic E-state index is 12.1. The molecule has 1 rings (SSSR count). The third-order valence-electron chi connectivity index (χ3n) is 3.05. The largest absolute Gasteiger partial charge is 0.480 e. The molecule has 0 spiro atoms. The van der Waals surface area contributed by atoms with Crippen LogP contribution in [0.2, 0.25) is 0 Å². The number of nitrogens with one attached hydrogen (secondary N) is 2. The van der Waals surface area contributed by atoms with Crippen LogP contribution in [-0.2, 0) is 9.59 Å². The second kappa shape index (κ2) is 7.98. The van der Waals surface area contributed by atoms with Crippen LogP contribution in [0.25, 0.3) is 0 Å². The topological polar surface area (TPSA) is 98.7 Å². The number of hydrogen-bond acceptors (Lipinski definition) is 4. The number of nitrogens with zero attached hydrogens (tertiary/aromatic N) is 1. The summed E-state index contributed by atoms with van der Waals surface area (Å²) in [6, 6.07) is -1.21. The SMILES string of the molecule is CCCC1SCC(C(=O)O)N1C(=O)NCCC(=O)NC. The lowest BCUT2D eigenvalue weighted by atomic mass is 10.2. The highest BCUT2D eigenvalue weighted by Crippen LogP contribution is 2.32. The fraction of sp³-hybridized carbons (Fsp3) is 0.750. The van der Waals surface area contributed by atoms with Gasteiger partial charge >= 0.3 is 12.0 Å². The lowest BCUT2D eigenvalue weighted by molar-refractivity contribution is -0.141. The molecule has 20 heavy (non-hydrogen) atoms. The van der Waals surface area contributed by atoms with Crippen molar-refractivity contribution in [2.24, 2.45) is 0 Å². The van der Waals surface area contributed by atoms with Gasteiger partial charge in [-0.1, -0.05) is 13.3 Å². The minimum absolute atomic E-state index is 0.110. The van der Waals surface area contributed by atoms with E-state index in [4.69, 9.17) is 0 Å². The Morgan fingerprint density at radius 3 is 2.65 bits per heavy atom. The Morgan fingerprint density at radius 2 is 2.10 bits per heavy atom. The van der Waals surface area contributed by atoms with Crippen molar-refractivity contribution in [2.75, 3.05) is 19.3 Å². The first kappa shape index (κ1) is 16.6. The van der Waals surface area contributed by atoms with E-state index in [2.05, 4.69) is 10.6 Å². The van der Waals surface area contributed by atoms with Crippen molar-refractivity contribution in [1.82, 2.24) is 15.5 Å². The van der Waals surface area contributed by atoms with Gasteiger partial charge in [-0.15, -0.1) is 11.8 Å². The molecule has 114 valence electrons. The molecule has 2 atom stereocenters. The van der Waals surface area contributed by atoms with Crippen LogP contribution in [0.4, 0.5) is 4.79 Å². The Morgan fingerprint density at radius 1 is 1.40 bits per heavy atom. The zero-order valence-corrected chi connectivity index (χ0v) is 12.5. The summed E-state index contributed by atoms with van der Waals surface area (Å²) in [7, 11) is 1.53. The molecular formula is C12H21N3O4S. The van der Waals surface area contributed by atoms with Gasteiger partial charge in [0, 0.05) is 25.8 Å². The van der Waals surface area contributed by atoms with E-state index >= 15 is 0 Å². The first-order chi connectivity index (χ1) is 9.51. The minimum atomic E-state index is -0.988. The van der Waals surface area contributed by atoms with E-state index in [1.165, 1.54) is 23.7 Å². The predicted octanol–water partition coefficient (Wildman–Crippen LogP) is 0.460. The Balaban J connectivity index is 2.59. The van der Waals surface area contributed by atoms with Crippen molar-refractivity contribution in [3.8, 4) is 0 Å². The molecule has 3 amide bonds. The van der Waals surface area contributed by atoms with E-state index in [1.54, 1.807) is 0 Å². The van der Waals surface area contributed by atoms with Gasteiger partial charge < -0.3 is 15.7 Å². The number of thioether (sulfide) groups is 1. The fourth-order valence-corrected chi connectivity index (χ4v) is 3.51. The molecule has 0 aliphatic carbocycles. The summed E-state index contributed by atoms with van der Waals surface area (Å²) in [4.78, 5) is 35.8. The van der Waals surface area contributed by atoms with Gasteiger partial charge in [0.15, 0.2) is 0 Å². The summed E-state index contributed by atoms with van der Waals surface area (Å²) in [5, 5.41) is 14.1. The highest BCUT2D eigenvalue weighted by atomic mass is 32.2. The van der Waals surface area contributed by atoms with Gasteiger partial charge in [0.25, 0.3) is 0 Å². The van der Waals surface area contributed by atoms with E-state index in [-0.39, 0.29) is 24.2 Å². The standard InChI is InChI=1S/C12H21N3O4S/c1-3-4-10-15(8(7-20-10)11(17)18)12(19)14-6-5-9(16)13-2/h8,10H,3-7H2,1-2H3,(H,13,16)(H,14,19)(H,17,18). The number of carboxylic acids is 1. The third kappa shape index (κ3) is 4.29. The Bertz CT molecular complexity index is 378. The summed E-state index contributed by atoms with van der Waals surface area (Å²) in [5.41, 5.74) is 0. The number of amides is 3. The van der Waals surface area contributed by atoms with Crippen LogP contribution in [0.15, 0.2) is 0 Å². The zero-order valence-electron chi connectivity index (χ0n) is 11.7. The molecular weight excluding hydrogens is 282 g/mol. The number of aliphatic carboxylic acids is 1. The molecule has 0 radical (unpaired) electrons. The summed E-state index contributed by atoms with van der Waals surface area (Å²) in [6.07, 6.45) is 1.82. The highest BCUT2D eigenvalue weighted by molar-refractivity contribution is 8.00. The maximum Gasteiger partial charge on any atom is 0.327 e. The van der Waals surface area contributed by atoms with Crippen molar-refractivity contribution >= 4 is 29.7 Å². The van der Waals surface area contributed by atoms with Crippen LogP contribution >= 0.6 is 11.8 Å². The molecule has 1 heterocycles. The molecule has 0 saturated carbocycles. The van der Waals surface area contributed by atoms with Gasteiger partial charge in [-0.05, 0) is 6.42 Å². The molecule has 2 unspecified atom stereocenters. The van der Waals surface area contributed by atoms with Crippen LogP contribution < -0.4 is 10.6 Å². The molecule has 7 nitrogen and oxygen atoms in total. The van der Waals surface area contributed by atoms with E-state index in [1.807, 2.05) is 6.92 Å². The summed E-state index contributed by atoms with van der Waals surface area (Å²) < 4.78 is 0. The van der Waals surface area contributed by atoms with Gasteiger partial charge in [-0.3, -0.25) is 9.69 Å². The lowest BCUT2D eigenvalue weighted by Crippen LogP contribution is -2.50. The highest BCUT2D eigenvalue weighted by Gasteiger charge is 2.41. The second-order valence-corrected chi connectivity index (χ2v) is 5.70. The van der Waals surface area contributed by atoms with Gasteiger partial charge in [-0.25, -0.2) is 9.59 Å². The molecule has 1 saturated heterocycles. The number of carbonyl (C=O) groups is 3. The first-order valence-electron chi connectivity index (χ1n) is 6.62. The Kier molecular flexibility index (Phi) is 6.63. The molecule has 3 N–H and O–H groups in total. The molecule has 0 aromatic carbocycles. The number of carboxylic acid groups (broad SMARTS) is 1. The molecule has 8 heteroatoms. The van der Waals surface area contributed by atoms with Crippen LogP contribution in [0.1, 0.15) is 26.2 Å². The van der Waals surface area contributed by atoms with E-state index < -0.39 is 18.0 Å². The van der Waals surface area contributed by atoms with Crippen molar-refractivity contribution in [3.63, 3.8) is 0 Å². The van der Waals surface area contributed by atoms with Crippen LogP contribution in [0.5, 0.6) is 0 Å². The Labute approximate surface area is 122 Å². The average molecular weight is 303 g/mol. The fourth-order valence-electron chi connectivity index (χ4n) is 1.99. The lowest BCUT2D eigenvalue weighted by Gasteiger charge is -2.27. The molecule has 0 aromatic heterocycles. The summed E-state index contributed by atoms with van der Waals surface area (Å²) in [6.45, 7) is 2.20. The Hall–Kier alpha value is -1.44. The summed E-state index contributed by atoms with van der Waals surface area (Å²) >= 11 is 1.49. The number of urea groups is 1. The third-order valence-corrected chi connectivity index (χ3v) is 4.41.